The molecule has 0 saturated heterocycles. The van der Waals surface area contributed by atoms with E-state index in [2.05, 4.69) is 11.8 Å². The third kappa shape index (κ3) is 4.47. The normalized spacial score (nSPS) is 28.4. The van der Waals surface area contributed by atoms with E-state index in [0.717, 1.165) is 31.9 Å². The second kappa shape index (κ2) is 9.83. The van der Waals surface area contributed by atoms with Crippen LogP contribution >= 0.6 is 8.03 Å². The number of benzene rings is 1. The van der Waals surface area contributed by atoms with Gasteiger partial charge in [0.15, 0.2) is 0 Å². The van der Waals surface area contributed by atoms with Crippen molar-refractivity contribution in [2.75, 3.05) is 0 Å². The molecule has 1 aromatic heterocycles. The van der Waals surface area contributed by atoms with Crippen molar-refractivity contribution in [2.24, 2.45) is 17.8 Å². The van der Waals surface area contributed by atoms with Crippen LogP contribution in [0, 0.1) is 35.4 Å². The van der Waals surface area contributed by atoms with Gasteiger partial charge in [-0.2, -0.15) is 4.89 Å². The summed E-state index contributed by atoms with van der Waals surface area (Å²) in [6.07, 6.45) is 5.49. The highest BCUT2D eigenvalue weighted by atomic mass is 31.1. The smallest absolute Gasteiger partial charge is 0.477 e. The molecule has 1 aromatic carbocycles. The lowest BCUT2D eigenvalue weighted by molar-refractivity contribution is -0.141. The van der Waals surface area contributed by atoms with Gasteiger partial charge in [-0.3, -0.25) is 4.98 Å². The molecule has 6 rings (SSSR count). The summed E-state index contributed by atoms with van der Waals surface area (Å²) in [5.74, 6) is 5.34. The number of aromatic nitrogens is 1. The van der Waals surface area contributed by atoms with Crippen LogP contribution < -0.4 is 0 Å². The number of rotatable bonds is 6. The maximum Gasteiger partial charge on any atom is 0.540 e. The predicted molar refractivity (Wildman–Crippen MR) is 142 cm³/mol. The van der Waals surface area contributed by atoms with Crippen LogP contribution in [0.2, 0.25) is 0 Å². The van der Waals surface area contributed by atoms with Crippen LogP contribution in [0.3, 0.4) is 0 Å². The summed E-state index contributed by atoms with van der Waals surface area (Å²) in [5.41, 5.74) is 3.50. The fraction of sp³-hybridized carbons (Fsp3) is 0.533. The molecular formula is C30H34FNO5P+. The van der Waals surface area contributed by atoms with Gasteiger partial charge in [0.25, 0.3) is 0 Å². The second-order valence-corrected chi connectivity index (χ2v) is 13.2. The quantitative estimate of drug-likeness (QED) is 0.318. The average molecular weight is 539 g/mol. The Morgan fingerprint density at radius 2 is 1.66 bits per heavy atom. The number of nitrogens with zero attached hydrogens (tertiary/aromatic N) is 1. The first-order chi connectivity index (χ1) is 17.9. The zero-order chi connectivity index (χ0) is 27.4. The summed E-state index contributed by atoms with van der Waals surface area (Å²) >= 11 is 0. The minimum absolute atomic E-state index is 0.0159. The van der Waals surface area contributed by atoms with E-state index in [1.807, 2.05) is 19.9 Å². The van der Waals surface area contributed by atoms with Crippen LogP contribution in [0.4, 0.5) is 4.39 Å². The van der Waals surface area contributed by atoms with Crippen LogP contribution in [0.25, 0.3) is 11.1 Å². The van der Waals surface area contributed by atoms with Gasteiger partial charge in [-0.05, 0) is 103 Å². The van der Waals surface area contributed by atoms with E-state index < -0.39 is 25.3 Å². The zero-order valence-corrected chi connectivity index (χ0v) is 22.8. The van der Waals surface area contributed by atoms with Crippen molar-refractivity contribution >= 4 is 14.0 Å². The summed E-state index contributed by atoms with van der Waals surface area (Å²) in [4.78, 5) is 27.2. The predicted octanol–water partition coefficient (Wildman–Crippen LogP) is 5.77. The molecule has 3 N–H and O–H groups in total. The highest BCUT2D eigenvalue weighted by Gasteiger charge is 2.61. The largest absolute Gasteiger partial charge is 0.540 e. The van der Waals surface area contributed by atoms with Gasteiger partial charge in [0, 0.05) is 16.7 Å². The Hall–Kier alpha value is -2.65. The fourth-order valence-corrected chi connectivity index (χ4v) is 8.09. The molecule has 0 amide bonds. The van der Waals surface area contributed by atoms with Crippen molar-refractivity contribution in [3.05, 3.63) is 53.1 Å². The molecule has 3 unspecified atom stereocenters. The van der Waals surface area contributed by atoms with E-state index in [1.54, 1.807) is 12.1 Å². The minimum atomic E-state index is -3.38. The van der Waals surface area contributed by atoms with Crippen LogP contribution in [-0.4, -0.2) is 37.3 Å². The monoisotopic (exact) mass is 538 g/mol. The average Bonchev–Trinajstić information content (AvgIpc) is 2.83. The molecule has 2 aromatic rings. The van der Waals surface area contributed by atoms with E-state index in [4.69, 9.17) is 4.98 Å². The van der Waals surface area contributed by atoms with Crippen LogP contribution in [0.1, 0.15) is 82.2 Å². The highest BCUT2D eigenvalue weighted by molar-refractivity contribution is 7.42. The molecule has 1 heterocycles. The molecular weight excluding hydrogens is 504 g/mol. The Labute approximate surface area is 223 Å². The summed E-state index contributed by atoms with van der Waals surface area (Å²) in [5, 5.41) is 17.5. The topological polar surface area (TPSA) is 108 Å². The molecule has 4 aliphatic carbocycles. The van der Waals surface area contributed by atoms with Crippen LogP contribution in [-0.2, 0) is 14.8 Å². The van der Waals surface area contributed by atoms with Crippen molar-refractivity contribution in [3.8, 4) is 23.0 Å². The zero-order valence-electron chi connectivity index (χ0n) is 21.9. The molecule has 3 atom stereocenters. The first kappa shape index (κ1) is 26.9. The van der Waals surface area contributed by atoms with Crippen molar-refractivity contribution in [3.63, 3.8) is 0 Å². The fourth-order valence-electron chi connectivity index (χ4n) is 7.45. The number of carbonyl (C=O) groups is 1. The van der Waals surface area contributed by atoms with Crippen molar-refractivity contribution in [1.82, 2.24) is 4.98 Å². The van der Waals surface area contributed by atoms with E-state index in [-0.39, 0.29) is 17.2 Å². The number of aliphatic hydroxyl groups is 1. The van der Waals surface area contributed by atoms with Gasteiger partial charge < -0.3 is 10.2 Å². The third-order valence-corrected chi connectivity index (χ3v) is 10.2. The molecule has 200 valence electrons. The summed E-state index contributed by atoms with van der Waals surface area (Å²) in [6, 6.07) is 8.09. The van der Waals surface area contributed by atoms with Gasteiger partial charge in [-0.1, -0.05) is 31.9 Å². The maximum absolute atomic E-state index is 13.9. The summed E-state index contributed by atoms with van der Waals surface area (Å²) < 4.78 is 26.1. The van der Waals surface area contributed by atoms with Gasteiger partial charge >= 0.3 is 19.2 Å². The number of carboxylic acid groups (broad SMARTS) is 1. The van der Waals surface area contributed by atoms with Crippen LogP contribution in [0.5, 0.6) is 0 Å². The second-order valence-electron chi connectivity index (χ2n) is 11.9. The van der Waals surface area contributed by atoms with E-state index >= 15 is 0 Å². The molecule has 6 nitrogen and oxygen atoms in total. The van der Waals surface area contributed by atoms with E-state index in [1.165, 1.54) is 31.4 Å². The number of halogens is 1. The SMILES string of the molecule is CC(C)c1nc(C23CC4CC(CC(C4)C2)C3)cc(-c2ccc(F)cc2)c1C#CC(C(=O)O)(C(C)O)[P+](=O)O. The lowest BCUT2D eigenvalue weighted by Gasteiger charge is -2.56. The minimum Gasteiger partial charge on any atom is -0.477 e. The Morgan fingerprint density at radius 3 is 2.11 bits per heavy atom. The van der Waals surface area contributed by atoms with Gasteiger partial charge in [-0.25, -0.2) is 9.18 Å². The first-order valence-corrected chi connectivity index (χ1v) is 14.6. The maximum atomic E-state index is 13.9. The van der Waals surface area contributed by atoms with Gasteiger partial charge in [0.1, 0.15) is 11.9 Å². The van der Waals surface area contributed by atoms with Gasteiger partial charge in [0.05, 0.1) is 11.3 Å². The van der Waals surface area contributed by atoms with E-state index in [0.29, 0.717) is 40.1 Å². The number of hydrogen-bond donors (Lipinski definition) is 3. The number of aliphatic hydroxyl groups excluding tert-OH is 1. The number of carboxylic acids is 1. The van der Waals surface area contributed by atoms with Crippen molar-refractivity contribution in [2.45, 2.75) is 81.9 Å². The lowest BCUT2D eigenvalue weighted by atomic mass is 9.48. The highest BCUT2D eigenvalue weighted by Crippen LogP contribution is 2.60. The third-order valence-electron chi connectivity index (χ3n) is 8.94. The number of aliphatic carboxylic acids is 1. The molecule has 0 aliphatic heterocycles. The molecule has 4 saturated carbocycles. The summed E-state index contributed by atoms with van der Waals surface area (Å²) in [7, 11) is -3.38. The van der Waals surface area contributed by atoms with Crippen molar-refractivity contribution < 1.29 is 28.9 Å². The van der Waals surface area contributed by atoms with Crippen LogP contribution in [0.15, 0.2) is 30.3 Å². The van der Waals surface area contributed by atoms with Gasteiger partial charge in [-0.15, -0.1) is 0 Å². The number of pyridine rings is 1. The molecule has 38 heavy (non-hydrogen) atoms. The Bertz CT molecular complexity index is 1290. The molecule has 8 heteroatoms. The molecule has 4 bridgehead atoms. The molecule has 4 fully saturated rings. The first-order valence-electron chi connectivity index (χ1n) is 13.4. The summed E-state index contributed by atoms with van der Waals surface area (Å²) in [6.45, 7) is 5.11. The Balaban J connectivity index is 1.75. The van der Waals surface area contributed by atoms with Crippen molar-refractivity contribution in [1.29, 1.82) is 0 Å². The number of hydrogen-bond acceptors (Lipinski definition) is 4. The molecule has 0 spiro atoms. The van der Waals surface area contributed by atoms with E-state index in [9.17, 15) is 28.9 Å². The van der Waals surface area contributed by atoms with Gasteiger partial charge in [0.2, 0.25) is 0 Å². The molecule has 4 aliphatic rings. The Morgan fingerprint density at radius 1 is 1.11 bits per heavy atom. The Kier molecular flexibility index (Phi) is 6.97. The lowest BCUT2D eigenvalue weighted by Crippen LogP contribution is -2.49. The standard InChI is InChI=1S/C30H33FNO5P/c1-17(2)27-24(8-9-30(18(3)33,28(34)35)38(36)37)25(22-4-6-23(31)7-5-22)13-26(32-27)29-14-19-10-20(15-29)12-21(11-19)16-29/h4-7,13,17-21,33H,10-12,14-16H2,1-3H3,(H-,34,35,36,37)/p+1. The molecule has 0 radical (unpaired) electrons.